The number of nitrogens with two attached hydrogens (primary N) is 1. The molecule has 3 heterocycles. The fraction of sp³-hybridized carbons (Fsp3) is 0.647. The summed E-state index contributed by atoms with van der Waals surface area (Å²) in [6.07, 6.45) is -2.78. The lowest BCUT2D eigenvalue weighted by Crippen LogP contribution is -2.40. The molecular formula is C17H26FN7O6P+. The van der Waals surface area contributed by atoms with E-state index in [9.17, 15) is 14.5 Å². The smallest absolute Gasteiger partial charge is 0.465 e. The number of halogens is 1. The van der Waals surface area contributed by atoms with Gasteiger partial charge in [-0.25, -0.2) is 9.37 Å². The van der Waals surface area contributed by atoms with Crippen LogP contribution < -0.4 is 16.1 Å². The van der Waals surface area contributed by atoms with Gasteiger partial charge in [-0.15, -0.1) is 4.52 Å². The SMILES string of the molecule is CCOC(=O)[C@H](C)N[P+](=O)OC[C@H]1O[C@@H](n2cnc3c(NC)nc(N)nc32)[C@](C)(F)[C@@H]1O. The number of nitrogen functional groups attached to an aromatic ring is 1. The third-order valence-corrected chi connectivity index (χ3v) is 5.92. The minimum absolute atomic E-state index is 0.0543. The summed E-state index contributed by atoms with van der Waals surface area (Å²) >= 11 is 0. The maximum absolute atomic E-state index is 15.5. The van der Waals surface area contributed by atoms with E-state index in [-0.39, 0.29) is 18.2 Å². The number of hydrogen-bond acceptors (Lipinski definition) is 11. The van der Waals surface area contributed by atoms with Gasteiger partial charge in [0, 0.05) is 7.05 Å². The molecule has 176 valence electrons. The molecule has 3 rings (SSSR count). The summed E-state index contributed by atoms with van der Waals surface area (Å²) < 4.78 is 44.6. The van der Waals surface area contributed by atoms with Gasteiger partial charge in [0.2, 0.25) is 5.95 Å². The van der Waals surface area contributed by atoms with Crippen LogP contribution in [-0.2, 0) is 23.4 Å². The number of anilines is 2. The van der Waals surface area contributed by atoms with Crippen molar-refractivity contribution < 1.29 is 32.9 Å². The van der Waals surface area contributed by atoms with Crippen LogP contribution in [-0.4, -0.2) is 74.8 Å². The second-order valence-electron chi connectivity index (χ2n) is 7.28. The molecule has 0 saturated carbocycles. The van der Waals surface area contributed by atoms with E-state index in [1.54, 1.807) is 14.0 Å². The highest BCUT2D eigenvalue weighted by Gasteiger charge is 2.56. The standard InChI is InChI=1S/C17H26FN7O6P/c1-5-29-14(27)8(2)24-32(28)30-6-9-11(26)17(3,18)15(31-9)25-7-21-10-12(20-4)22-16(19)23-13(10)25/h7-9,11,15,26H,5-6H2,1-4H3,(H,24,28)(H3,19,20,22,23)/q+1/t8-,9+,11+,15+,17+/m0/s1. The number of fused-ring (bicyclic) bond motifs is 1. The first-order valence-electron chi connectivity index (χ1n) is 9.83. The monoisotopic (exact) mass is 474 g/mol. The largest absolute Gasteiger partial charge is 0.613 e. The van der Waals surface area contributed by atoms with Crippen molar-refractivity contribution in [1.29, 1.82) is 0 Å². The Morgan fingerprint density at radius 2 is 2.25 bits per heavy atom. The maximum atomic E-state index is 15.5. The van der Waals surface area contributed by atoms with Crippen LogP contribution in [0.3, 0.4) is 0 Å². The number of aliphatic hydroxyl groups excluding tert-OH is 1. The maximum Gasteiger partial charge on any atom is 0.613 e. The lowest BCUT2D eigenvalue weighted by Gasteiger charge is -2.24. The number of imidazole rings is 1. The summed E-state index contributed by atoms with van der Waals surface area (Å²) in [6.45, 7) is 4.05. The Bertz CT molecular complexity index is 1010. The first-order valence-corrected chi connectivity index (χ1v) is 11.0. The molecule has 15 heteroatoms. The molecule has 0 bridgehead atoms. The fourth-order valence-corrected chi connectivity index (χ4v) is 4.06. The number of nitrogens with zero attached hydrogens (tertiary/aromatic N) is 4. The number of carbonyl (C=O) groups excluding carboxylic acids is 1. The predicted octanol–water partition coefficient (Wildman–Crippen LogP) is 0.652. The van der Waals surface area contributed by atoms with E-state index in [0.29, 0.717) is 11.3 Å². The van der Waals surface area contributed by atoms with E-state index >= 15 is 4.39 Å². The van der Waals surface area contributed by atoms with Gasteiger partial charge in [-0.1, -0.05) is 5.09 Å². The van der Waals surface area contributed by atoms with Gasteiger partial charge in [-0.3, -0.25) is 9.36 Å². The molecule has 32 heavy (non-hydrogen) atoms. The Morgan fingerprint density at radius 3 is 2.91 bits per heavy atom. The minimum atomic E-state index is -2.51. The molecule has 2 aromatic heterocycles. The van der Waals surface area contributed by atoms with Crippen molar-refractivity contribution in [3.05, 3.63) is 6.33 Å². The van der Waals surface area contributed by atoms with E-state index < -0.39 is 50.9 Å². The van der Waals surface area contributed by atoms with E-state index in [1.807, 2.05) is 0 Å². The highest BCUT2D eigenvalue weighted by Crippen LogP contribution is 2.43. The predicted molar refractivity (Wildman–Crippen MR) is 112 cm³/mol. The second-order valence-corrected chi connectivity index (χ2v) is 8.31. The average Bonchev–Trinajstić information content (AvgIpc) is 3.24. The number of aliphatic hydroxyl groups is 1. The first-order chi connectivity index (χ1) is 15.1. The molecule has 0 spiro atoms. The number of alkyl halides is 1. The summed E-state index contributed by atoms with van der Waals surface area (Å²) in [4.78, 5) is 23.9. The van der Waals surface area contributed by atoms with Crippen LogP contribution >= 0.6 is 8.18 Å². The fourth-order valence-electron chi connectivity index (χ4n) is 3.29. The molecule has 1 aliphatic rings. The van der Waals surface area contributed by atoms with E-state index in [1.165, 1.54) is 24.7 Å². The van der Waals surface area contributed by atoms with Crippen molar-refractivity contribution in [2.24, 2.45) is 0 Å². The number of hydrogen-bond donors (Lipinski definition) is 4. The summed E-state index contributed by atoms with van der Waals surface area (Å²) in [7, 11) is -0.881. The van der Waals surface area contributed by atoms with E-state index in [0.717, 1.165) is 0 Å². The van der Waals surface area contributed by atoms with Crippen molar-refractivity contribution in [3.8, 4) is 0 Å². The number of aromatic nitrogens is 4. The summed E-state index contributed by atoms with van der Waals surface area (Å²) in [6, 6.07) is -0.879. The Labute approximate surface area is 183 Å². The molecule has 1 saturated heterocycles. The lowest BCUT2D eigenvalue weighted by molar-refractivity contribution is -0.144. The van der Waals surface area contributed by atoms with Crippen molar-refractivity contribution in [2.75, 3.05) is 31.3 Å². The molecule has 1 fully saturated rings. The Morgan fingerprint density at radius 1 is 1.53 bits per heavy atom. The quantitative estimate of drug-likeness (QED) is 0.295. The van der Waals surface area contributed by atoms with Gasteiger partial charge in [0.05, 0.1) is 12.9 Å². The molecule has 6 atom stereocenters. The first kappa shape index (κ1) is 24.1. The normalized spacial score (nSPS) is 26.8. The van der Waals surface area contributed by atoms with Crippen molar-refractivity contribution in [2.45, 2.75) is 50.9 Å². The molecule has 2 aromatic rings. The van der Waals surface area contributed by atoms with Crippen molar-refractivity contribution in [3.63, 3.8) is 0 Å². The van der Waals surface area contributed by atoms with Gasteiger partial charge in [0.15, 0.2) is 28.9 Å². The zero-order valence-corrected chi connectivity index (χ0v) is 18.9. The highest BCUT2D eigenvalue weighted by molar-refractivity contribution is 7.36. The molecule has 13 nitrogen and oxygen atoms in total. The molecule has 0 radical (unpaired) electrons. The Balaban J connectivity index is 1.73. The molecule has 0 amide bonds. The van der Waals surface area contributed by atoms with Gasteiger partial charge < -0.3 is 25.6 Å². The third-order valence-electron chi connectivity index (χ3n) is 4.94. The van der Waals surface area contributed by atoms with Crippen LogP contribution in [0.1, 0.15) is 27.0 Å². The molecular weight excluding hydrogens is 448 g/mol. The molecule has 1 unspecified atom stereocenters. The second kappa shape index (κ2) is 9.55. The molecule has 0 aromatic carbocycles. The minimum Gasteiger partial charge on any atom is -0.465 e. The Kier molecular flexibility index (Phi) is 7.20. The Hall–Kier alpha value is -2.51. The van der Waals surface area contributed by atoms with Gasteiger partial charge >= 0.3 is 14.1 Å². The lowest BCUT2D eigenvalue weighted by atomic mass is 9.98. The van der Waals surface area contributed by atoms with Crippen LogP contribution in [0.2, 0.25) is 0 Å². The summed E-state index contributed by atoms with van der Waals surface area (Å²) in [5, 5.41) is 15.8. The number of carbonyl (C=O) groups is 1. The van der Waals surface area contributed by atoms with Gasteiger partial charge in [0.1, 0.15) is 24.9 Å². The zero-order chi connectivity index (χ0) is 23.6. The summed E-state index contributed by atoms with van der Waals surface area (Å²) in [5.41, 5.74) is 4.02. The molecule has 1 aliphatic heterocycles. The van der Waals surface area contributed by atoms with E-state index in [2.05, 4.69) is 25.4 Å². The topological polar surface area (TPSA) is 176 Å². The van der Waals surface area contributed by atoms with Crippen LogP contribution in [0.4, 0.5) is 16.2 Å². The van der Waals surface area contributed by atoms with Crippen LogP contribution in [0, 0.1) is 0 Å². The summed E-state index contributed by atoms with van der Waals surface area (Å²) in [5.74, 6) is -0.299. The number of rotatable bonds is 9. The average molecular weight is 474 g/mol. The molecule has 5 N–H and O–H groups in total. The third kappa shape index (κ3) is 4.64. The van der Waals surface area contributed by atoms with E-state index in [4.69, 9.17) is 19.7 Å². The number of ether oxygens (including phenoxy) is 2. The van der Waals surface area contributed by atoms with Crippen LogP contribution in [0.15, 0.2) is 6.33 Å². The number of nitrogens with one attached hydrogen (secondary N) is 2. The van der Waals surface area contributed by atoms with Gasteiger partial charge in [-0.2, -0.15) is 9.97 Å². The zero-order valence-electron chi connectivity index (χ0n) is 18.0. The van der Waals surface area contributed by atoms with Gasteiger partial charge in [-0.05, 0) is 25.3 Å². The van der Waals surface area contributed by atoms with Crippen molar-refractivity contribution >= 4 is 37.1 Å². The van der Waals surface area contributed by atoms with Crippen molar-refractivity contribution in [1.82, 2.24) is 24.6 Å². The van der Waals surface area contributed by atoms with Crippen LogP contribution in [0.25, 0.3) is 11.2 Å². The van der Waals surface area contributed by atoms with Crippen LogP contribution in [0.5, 0.6) is 0 Å². The van der Waals surface area contributed by atoms with Gasteiger partial charge in [0.25, 0.3) is 0 Å². The number of esters is 1. The molecule has 0 aliphatic carbocycles. The highest BCUT2D eigenvalue weighted by atomic mass is 31.1.